The first-order valence-corrected chi connectivity index (χ1v) is 11.9. The van der Waals surface area contributed by atoms with E-state index < -0.39 is 5.92 Å². The number of hydrogen-bond acceptors (Lipinski definition) is 5. The van der Waals surface area contributed by atoms with Crippen LogP contribution in [0, 0.1) is 17.2 Å². The minimum atomic E-state index is -0.432. The van der Waals surface area contributed by atoms with Crippen LogP contribution in [0.5, 0.6) is 0 Å². The molecule has 6 nitrogen and oxygen atoms in total. The number of benzene rings is 2. The molecule has 3 aromatic rings. The second-order valence-corrected chi connectivity index (χ2v) is 9.60. The van der Waals surface area contributed by atoms with Crippen molar-refractivity contribution in [3.05, 3.63) is 82.2 Å². The van der Waals surface area contributed by atoms with Crippen LogP contribution in [-0.4, -0.2) is 29.8 Å². The Hall–Kier alpha value is -3.47. The summed E-state index contributed by atoms with van der Waals surface area (Å²) in [6.07, 6.45) is 0.972. The summed E-state index contributed by atoms with van der Waals surface area (Å²) in [5.74, 6) is -0.681. The maximum atomic E-state index is 13.0. The first-order valence-electron chi connectivity index (χ1n) is 11.1. The van der Waals surface area contributed by atoms with Gasteiger partial charge in [-0.3, -0.25) is 14.5 Å². The van der Waals surface area contributed by atoms with Gasteiger partial charge in [0.05, 0.1) is 11.5 Å². The molecule has 1 N–H and O–H groups in total. The SMILES string of the molecule is N#Cc1c(NC(=O)C2CC(=O)N(c3ccccc3)C2)sc2c1CCN(Cc1ccccc1)C2. The molecule has 2 aliphatic rings. The zero-order valence-corrected chi connectivity index (χ0v) is 19.0. The number of anilines is 2. The molecule has 7 heteroatoms. The van der Waals surface area contributed by atoms with Crippen LogP contribution in [0.2, 0.25) is 0 Å². The lowest BCUT2D eigenvalue weighted by Crippen LogP contribution is -2.29. The Morgan fingerprint density at radius 2 is 1.85 bits per heavy atom. The van der Waals surface area contributed by atoms with E-state index in [-0.39, 0.29) is 18.2 Å². The van der Waals surface area contributed by atoms with Crippen LogP contribution in [-0.2, 0) is 29.1 Å². The lowest BCUT2D eigenvalue weighted by molar-refractivity contribution is -0.122. The number of amides is 2. The van der Waals surface area contributed by atoms with Gasteiger partial charge >= 0.3 is 0 Å². The van der Waals surface area contributed by atoms with Crippen molar-refractivity contribution in [3.8, 4) is 6.07 Å². The Morgan fingerprint density at radius 3 is 2.58 bits per heavy atom. The fraction of sp³-hybridized carbons (Fsp3) is 0.269. The molecule has 2 aromatic carbocycles. The third kappa shape index (κ3) is 4.40. The number of nitrogens with one attached hydrogen (secondary N) is 1. The Morgan fingerprint density at radius 1 is 1.12 bits per heavy atom. The highest BCUT2D eigenvalue weighted by Crippen LogP contribution is 2.37. The number of carbonyl (C=O) groups is 2. The molecule has 1 atom stereocenters. The molecule has 33 heavy (non-hydrogen) atoms. The van der Waals surface area contributed by atoms with Crippen LogP contribution >= 0.6 is 11.3 Å². The van der Waals surface area contributed by atoms with E-state index in [1.165, 1.54) is 16.9 Å². The predicted molar refractivity (Wildman–Crippen MR) is 129 cm³/mol. The fourth-order valence-corrected chi connectivity index (χ4v) is 5.84. The molecule has 1 saturated heterocycles. The smallest absolute Gasteiger partial charge is 0.230 e. The van der Waals surface area contributed by atoms with Gasteiger partial charge in [-0.15, -0.1) is 11.3 Å². The molecule has 0 radical (unpaired) electrons. The van der Waals surface area contributed by atoms with E-state index in [1.807, 2.05) is 48.5 Å². The molecule has 1 fully saturated rings. The van der Waals surface area contributed by atoms with E-state index in [9.17, 15) is 14.9 Å². The highest BCUT2D eigenvalue weighted by molar-refractivity contribution is 7.16. The van der Waals surface area contributed by atoms with E-state index in [0.717, 1.165) is 42.2 Å². The highest BCUT2D eigenvalue weighted by atomic mass is 32.1. The lowest BCUT2D eigenvalue weighted by atomic mass is 10.0. The molecule has 0 spiro atoms. The number of nitrogens with zero attached hydrogens (tertiary/aromatic N) is 3. The van der Waals surface area contributed by atoms with E-state index in [2.05, 4.69) is 28.4 Å². The van der Waals surface area contributed by atoms with Gasteiger partial charge in [0.15, 0.2) is 0 Å². The zero-order chi connectivity index (χ0) is 22.8. The van der Waals surface area contributed by atoms with Gasteiger partial charge in [-0.25, -0.2) is 0 Å². The number of hydrogen-bond donors (Lipinski definition) is 1. The number of rotatable bonds is 5. The fourth-order valence-electron chi connectivity index (χ4n) is 4.59. The van der Waals surface area contributed by atoms with E-state index in [4.69, 9.17) is 0 Å². The first-order chi connectivity index (χ1) is 16.1. The first kappa shape index (κ1) is 21.4. The van der Waals surface area contributed by atoms with Crippen LogP contribution in [0.1, 0.15) is 28.0 Å². The topological polar surface area (TPSA) is 76.4 Å². The van der Waals surface area contributed by atoms with Gasteiger partial charge in [-0.05, 0) is 29.7 Å². The van der Waals surface area contributed by atoms with Crippen molar-refractivity contribution in [2.45, 2.75) is 25.9 Å². The van der Waals surface area contributed by atoms with Crippen LogP contribution < -0.4 is 10.2 Å². The maximum Gasteiger partial charge on any atom is 0.230 e. The number of para-hydroxylation sites is 1. The molecular weight excluding hydrogens is 432 g/mol. The summed E-state index contributed by atoms with van der Waals surface area (Å²) in [5.41, 5.74) is 3.70. The summed E-state index contributed by atoms with van der Waals surface area (Å²) in [6, 6.07) is 22.1. The minimum Gasteiger partial charge on any atom is -0.316 e. The summed E-state index contributed by atoms with van der Waals surface area (Å²) in [6.45, 7) is 2.86. The largest absolute Gasteiger partial charge is 0.316 e. The summed E-state index contributed by atoms with van der Waals surface area (Å²) < 4.78 is 0. The van der Waals surface area contributed by atoms with Crippen LogP contribution in [0.25, 0.3) is 0 Å². The van der Waals surface area contributed by atoms with Crippen molar-refractivity contribution in [2.75, 3.05) is 23.3 Å². The Bertz CT molecular complexity index is 1220. The maximum absolute atomic E-state index is 13.0. The summed E-state index contributed by atoms with van der Waals surface area (Å²) in [5, 5.41) is 13.4. The van der Waals surface area contributed by atoms with E-state index in [0.29, 0.717) is 17.1 Å². The molecule has 3 heterocycles. The third-order valence-corrected chi connectivity index (χ3v) is 7.43. The second kappa shape index (κ2) is 9.18. The Kier molecular flexibility index (Phi) is 5.95. The standard InChI is InChI=1S/C26H24N4O2S/c27-14-22-21-11-12-29(15-18-7-3-1-4-8-18)17-23(21)33-26(22)28-25(32)19-13-24(31)30(16-19)20-9-5-2-6-10-20/h1-10,19H,11-13,15-17H2,(H,28,32). The monoisotopic (exact) mass is 456 g/mol. The van der Waals surface area contributed by atoms with E-state index >= 15 is 0 Å². The molecule has 1 unspecified atom stereocenters. The number of fused-ring (bicyclic) bond motifs is 1. The molecule has 0 saturated carbocycles. The molecule has 0 aliphatic carbocycles. The van der Waals surface area contributed by atoms with E-state index in [1.54, 1.807) is 4.90 Å². The van der Waals surface area contributed by atoms with Crippen molar-refractivity contribution < 1.29 is 9.59 Å². The quantitative estimate of drug-likeness (QED) is 0.625. The van der Waals surface area contributed by atoms with Crippen molar-refractivity contribution in [2.24, 2.45) is 5.92 Å². The second-order valence-electron chi connectivity index (χ2n) is 8.50. The summed E-state index contributed by atoms with van der Waals surface area (Å²) in [7, 11) is 0. The summed E-state index contributed by atoms with van der Waals surface area (Å²) in [4.78, 5) is 30.7. The van der Waals surface area contributed by atoms with Gasteiger partial charge in [0, 0.05) is 43.2 Å². The van der Waals surface area contributed by atoms with Gasteiger partial charge in [-0.1, -0.05) is 48.5 Å². The van der Waals surface area contributed by atoms with Gasteiger partial charge in [0.25, 0.3) is 0 Å². The van der Waals surface area contributed by atoms with Gasteiger partial charge in [0.1, 0.15) is 11.1 Å². The zero-order valence-electron chi connectivity index (χ0n) is 18.2. The molecule has 0 bridgehead atoms. The predicted octanol–water partition coefficient (Wildman–Crippen LogP) is 4.17. The number of nitriles is 1. The molecule has 1 aromatic heterocycles. The van der Waals surface area contributed by atoms with Crippen LogP contribution in [0.4, 0.5) is 10.7 Å². The molecule has 2 amide bonds. The van der Waals surface area contributed by atoms with Crippen molar-refractivity contribution in [3.63, 3.8) is 0 Å². The number of carbonyl (C=O) groups excluding carboxylic acids is 2. The molecular formula is C26H24N4O2S. The minimum absolute atomic E-state index is 0.0520. The number of thiophene rings is 1. The summed E-state index contributed by atoms with van der Waals surface area (Å²) >= 11 is 1.49. The highest BCUT2D eigenvalue weighted by Gasteiger charge is 2.36. The van der Waals surface area contributed by atoms with Gasteiger partial charge in [0.2, 0.25) is 11.8 Å². The molecule has 2 aliphatic heterocycles. The van der Waals surface area contributed by atoms with Gasteiger partial charge < -0.3 is 10.2 Å². The van der Waals surface area contributed by atoms with Crippen LogP contribution in [0.15, 0.2) is 60.7 Å². The van der Waals surface area contributed by atoms with Gasteiger partial charge in [-0.2, -0.15) is 5.26 Å². The Labute approximate surface area is 197 Å². The van der Waals surface area contributed by atoms with Crippen molar-refractivity contribution >= 4 is 33.8 Å². The van der Waals surface area contributed by atoms with Crippen LogP contribution in [0.3, 0.4) is 0 Å². The average Bonchev–Trinajstić information content (AvgIpc) is 3.39. The van der Waals surface area contributed by atoms with Crippen molar-refractivity contribution in [1.29, 1.82) is 5.26 Å². The average molecular weight is 457 g/mol. The third-order valence-electron chi connectivity index (χ3n) is 6.30. The Balaban J connectivity index is 1.28. The van der Waals surface area contributed by atoms with Crippen molar-refractivity contribution in [1.82, 2.24) is 4.90 Å². The normalized spacial score (nSPS) is 18.1. The lowest BCUT2D eigenvalue weighted by Gasteiger charge is -2.26. The molecule has 5 rings (SSSR count). The molecule has 166 valence electrons.